The van der Waals surface area contributed by atoms with Crippen LogP contribution in [0.5, 0.6) is 11.5 Å². The molecule has 1 spiro atoms. The van der Waals surface area contributed by atoms with Crippen molar-refractivity contribution in [3.8, 4) is 11.5 Å². The standard InChI is InChI=1S/C24H34N4O4/c1-4-31-22-15-18(5-6-21(22)30-3)17-28-13-10-24(11-14-28)9-7-19(32-24)16-25-23(29)20-8-12-26-27(20)2/h5-6,8,12,15,19H,4,7,9-11,13-14,16-17H2,1-3H3,(H,25,29)/t19-/m1/s1. The number of amides is 1. The summed E-state index contributed by atoms with van der Waals surface area (Å²) in [5.74, 6) is 1.47. The van der Waals surface area contributed by atoms with Crippen LogP contribution in [0.3, 0.4) is 0 Å². The summed E-state index contributed by atoms with van der Waals surface area (Å²) in [5.41, 5.74) is 1.75. The summed E-state index contributed by atoms with van der Waals surface area (Å²) >= 11 is 0. The first-order valence-electron chi connectivity index (χ1n) is 11.5. The van der Waals surface area contributed by atoms with Crippen molar-refractivity contribution in [1.29, 1.82) is 0 Å². The zero-order chi connectivity index (χ0) is 22.6. The number of hydrogen-bond acceptors (Lipinski definition) is 6. The lowest BCUT2D eigenvalue weighted by Gasteiger charge is -2.39. The van der Waals surface area contributed by atoms with E-state index in [0.717, 1.165) is 56.8 Å². The Labute approximate surface area is 189 Å². The Morgan fingerprint density at radius 3 is 2.75 bits per heavy atom. The molecule has 2 aliphatic heterocycles. The molecule has 1 aromatic carbocycles. The van der Waals surface area contributed by atoms with Gasteiger partial charge in [0.1, 0.15) is 5.69 Å². The minimum Gasteiger partial charge on any atom is -0.493 e. The van der Waals surface area contributed by atoms with E-state index < -0.39 is 0 Å². The highest BCUT2D eigenvalue weighted by Gasteiger charge is 2.42. The van der Waals surface area contributed by atoms with E-state index in [1.165, 1.54) is 5.56 Å². The molecule has 1 N–H and O–H groups in total. The molecule has 4 rings (SSSR count). The Morgan fingerprint density at radius 2 is 2.06 bits per heavy atom. The number of likely N-dealkylation sites (tertiary alicyclic amines) is 1. The third kappa shape index (κ3) is 5.07. The van der Waals surface area contributed by atoms with Crippen molar-refractivity contribution < 1.29 is 19.0 Å². The number of aryl methyl sites for hydroxylation is 1. The van der Waals surface area contributed by atoms with Crippen molar-refractivity contribution in [3.05, 3.63) is 41.7 Å². The van der Waals surface area contributed by atoms with Crippen LogP contribution in [0.1, 0.15) is 48.7 Å². The van der Waals surface area contributed by atoms with E-state index in [0.29, 0.717) is 18.8 Å². The molecule has 174 valence electrons. The molecule has 3 heterocycles. The molecule has 1 aromatic heterocycles. The van der Waals surface area contributed by atoms with Crippen molar-refractivity contribution in [2.24, 2.45) is 7.05 Å². The largest absolute Gasteiger partial charge is 0.493 e. The van der Waals surface area contributed by atoms with Gasteiger partial charge >= 0.3 is 0 Å². The number of benzene rings is 1. The fourth-order valence-corrected chi connectivity index (χ4v) is 4.77. The monoisotopic (exact) mass is 442 g/mol. The first-order valence-corrected chi connectivity index (χ1v) is 11.5. The number of rotatable bonds is 8. The van der Waals surface area contributed by atoms with E-state index >= 15 is 0 Å². The fraction of sp³-hybridized carbons (Fsp3) is 0.583. The minimum absolute atomic E-state index is 0.0468. The molecule has 2 aliphatic rings. The average Bonchev–Trinajstić information content (AvgIpc) is 3.41. The van der Waals surface area contributed by atoms with Gasteiger partial charge < -0.3 is 19.5 Å². The average molecular weight is 443 g/mol. The SMILES string of the molecule is CCOc1cc(CN2CCC3(CC[C@H](CNC(=O)c4ccnn4C)O3)CC2)ccc1OC. The number of carbonyl (C=O) groups is 1. The normalized spacial score (nSPS) is 20.4. The lowest BCUT2D eigenvalue weighted by Crippen LogP contribution is -2.44. The summed E-state index contributed by atoms with van der Waals surface area (Å²) in [4.78, 5) is 14.8. The van der Waals surface area contributed by atoms with Gasteiger partial charge in [-0.15, -0.1) is 0 Å². The van der Waals surface area contributed by atoms with E-state index in [2.05, 4.69) is 27.4 Å². The van der Waals surface area contributed by atoms with Crippen molar-refractivity contribution in [2.45, 2.75) is 50.9 Å². The van der Waals surface area contributed by atoms with Crippen molar-refractivity contribution in [2.75, 3.05) is 33.4 Å². The van der Waals surface area contributed by atoms with Gasteiger partial charge in [-0.2, -0.15) is 5.10 Å². The van der Waals surface area contributed by atoms with Gasteiger partial charge in [-0.05, 0) is 56.4 Å². The van der Waals surface area contributed by atoms with E-state index in [9.17, 15) is 4.79 Å². The van der Waals surface area contributed by atoms with Gasteiger partial charge in [0.15, 0.2) is 11.5 Å². The molecule has 32 heavy (non-hydrogen) atoms. The lowest BCUT2D eigenvalue weighted by atomic mass is 9.88. The number of ether oxygens (including phenoxy) is 3. The molecule has 2 saturated heterocycles. The van der Waals surface area contributed by atoms with Gasteiger partial charge in [0.2, 0.25) is 0 Å². The van der Waals surface area contributed by atoms with Gasteiger partial charge in [0, 0.05) is 39.4 Å². The van der Waals surface area contributed by atoms with Gasteiger partial charge in [0.25, 0.3) is 5.91 Å². The summed E-state index contributed by atoms with van der Waals surface area (Å²) in [6, 6.07) is 7.90. The second-order valence-corrected chi connectivity index (χ2v) is 8.71. The number of nitrogens with zero attached hydrogens (tertiary/aromatic N) is 3. The molecule has 1 atom stereocenters. The Kier molecular flexibility index (Phi) is 7.01. The summed E-state index contributed by atoms with van der Waals surface area (Å²) in [6.07, 6.45) is 5.80. The van der Waals surface area contributed by atoms with Crippen LogP contribution in [-0.4, -0.2) is 65.6 Å². The van der Waals surface area contributed by atoms with Gasteiger partial charge in [0.05, 0.1) is 25.4 Å². The highest BCUT2D eigenvalue weighted by molar-refractivity contribution is 5.92. The molecule has 1 amide bonds. The molecule has 0 radical (unpaired) electrons. The lowest BCUT2D eigenvalue weighted by molar-refractivity contribution is -0.0764. The number of carbonyl (C=O) groups excluding carboxylic acids is 1. The van der Waals surface area contributed by atoms with E-state index in [1.54, 1.807) is 31.1 Å². The van der Waals surface area contributed by atoms with Crippen LogP contribution in [0, 0.1) is 0 Å². The summed E-state index contributed by atoms with van der Waals surface area (Å²) < 4.78 is 19.2. The molecule has 8 nitrogen and oxygen atoms in total. The van der Waals surface area contributed by atoms with Gasteiger partial charge in [-0.3, -0.25) is 14.4 Å². The molecule has 0 unspecified atom stereocenters. The van der Waals surface area contributed by atoms with Crippen LogP contribution >= 0.6 is 0 Å². The number of piperidine rings is 1. The van der Waals surface area contributed by atoms with Gasteiger partial charge in [-0.25, -0.2) is 0 Å². The first-order chi connectivity index (χ1) is 15.5. The van der Waals surface area contributed by atoms with Gasteiger partial charge in [-0.1, -0.05) is 6.07 Å². The highest BCUT2D eigenvalue weighted by atomic mass is 16.5. The van der Waals surface area contributed by atoms with Crippen LogP contribution in [0.15, 0.2) is 30.5 Å². The maximum atomic E-state index is 12.3. The van der Waals surface area contributed by atoms with Crippen LogP contribution in [0.4, 0.5) is 0 Å². The third-order valence-electron chi connectivity index (χ3n) is 6.58. The first kappa shape index (κ1) is 22.6. The predicted octanol–water partition coefficient (Wildman–Crippen LogP) is 2.77. The van der Waals surface area contributed by atoms with Crippen molar-refractivity contribution >= 4 is 5.91 Å². The maximum absolute atomic E-state index is 12.3. The summed E-state index contributed by atoms with van der Waals surface area (Å²) in [6.45, 7) is 6.04. The molecule has 0 bridgehead atoms. The zero-order valence-corrected chi connectivity index (χ0v) is 19.3. The molecule has 2 fully saturated rings. The van der Waals surface area contributed by atoms with Crippen molar-refractivity contribution in [1.82, 2.24) is 20.0 Å². The highest BCUT2D eigenvalue weighted by Crippen LogP contribution is 2.39. The van der Waals surface area contributed by atoms with E-state index in [-0.39, 0.29) is 17.6 Å². The van der Waals surface area contributed by atoms with E-state index in [4.69, 9.17) is 14.2 Å². The zero-order valence-electron chi connectivity index (χ0n) is 19.3. The molecule has 8 heteroatoms. The molecule has 0 saturated carbocycles. The van der Waals surface area contributed by atoms with Crippen LogP contribution in [-0.2, 0) is 18.3 Å². The Balaban J connectivity index is 1.25. The quantitative estimate of drug-likeness (QED) is 0.677. The Morgan fingerprint density at radius 1 is 1.25 bits per heavy atom. The summed E-state index contributed by atoms with van der Waals surface area (Å²) in [5, 5.41) is 7.05. The Bertz CT molecular complexity index is 920. The molecule has 0 aliphatic carbocycles. The molecular weight excluding hydrogens is 408 g/mol. The number of methoxy groups -OCH3 is 1. The maximum Gasteiger partial charge on any atom is 0.269 e. The summed E-state index contributed by atoms with van der Waals surface area (Å²) in [7, 11) is 3.44. The second kappa shape index (κ2) is 9.92. The van der Waals surface area contributed by atoms with Crippen LogP contribution in [0.2, 0.25) is 0 Å². The predicted molar refractivity (Wildman–Crippen MR) is 121 cm³/mol. The van der Waals surface area contributed by atoms with E-state index in [1.807, 2.05) is 13.0 Å². The number of hydrogen-bond donors (Lipinski definition) is 1. The topological polar surface area (TPSA) is 77.9 Å². The number of aromatic nitrogens is 2. The van der Waals surface area contributed by atoms with Crippen molar-refractivity contribution in [3.63, 3.8) is 0 Å². The Hall–Kier alpha value is -2.58. The van der Waals surface area contributed by atoms with Crippen LogP contribution in [0.25, 0.3) is 0 Å². The smallest absolute Gasteiger partial charge is 0.269 e. The minimum atomic E-state index is -0.102. The third-order valence-corrected chi connectivity index (χ3v) is 6.58. The molecule has 2 aromatic rings. The second-order valence-electron chi connectivity index (χ2n) is 8.71. The fourth-order valence-electron chi connectivity index (χ4n) is 4.77. The van der Waals surface area contributed by atoms with Crippen LogP contribution < -0.4 is 14.8 Å². The molecular formula is C24H34N4O4. The number of nitrogens with one attached hydrogen (secondary N) is 1.